The summed E-state index contributed by atoms with van der Waals surface area (Å²) in [7, 11) is -2.51. The van der Waals surface area contributed by atoms with Gasteiger partial charge in [0.1, 0.15) is 16.5 Å². The summed E-state index contributed by atoms with van der Waals surface area (Å²) in [6, 6.07) is 10.3. The zero-order valence-corrected chi connectivity index (χ0v) is 17.2. The van der Waals surface area contributed by atoms with Crippen LogP contribution in [0.15, 0.2) is 47.4 Å². The van der Waals surface area contributed by atoms with Crippen LogP contribution in [-0.4, -0.2) is 33.5 Å². The predicted molar refractivity (Wildman–Crippen MR) is 106 cm³/mol. The Balaban J connectivity index is 2.14. The lowest BCUT2D eigenvalue weighted by Gasteiger charge is -2.21. The third-order valence-electron chi connectivity index (χ3n) is 3.77. The first-order chi connectivity index (χ1) is 13.0. The molecule has 2 rings (SSSR count). The molecule has 0 atom stereocenters. The van der Waals surface area contributed by atoms with Gasteiger partial charge in [-0.25, -0.2) is 17.5 Å². The van der Waals surface area contributed by atoms with Crippen LogP contribution < -0.4 is 14.8 Å². The smallest absolute Gasteiger partial charge is 0.251 e. The molecule has 6 nitrogen and oxygen atoms in total. The zero-order chi connectivity index (χ0) is 20.9. The Bertz CT molecular complexity index is 936. The number of methoxy groups -OCH3 is 1. The van der Waals surface area contributed by atoms with E-state index in [1.165, 1.54) is 37.4 Å². The van der Waals surface area contributed by atoms with Gasteiger partial charge in [-0.05, 0) is 63.1 Å². The SMILES string of the molecule is COc1ccc(C(=O)NCCc2ccc(F)cc2)cc1S(=O)(=O)NC(C)(C)C. The highest BCUT2D eigenvalue weighted by Gasteiger charge is 2.26. The van der Waals surface area contributed by atoms with E-state index in [4.69, 9.17) is 4.74 Å². The van der Waals surface area contributed by atoms with Crippen molar-refractivity contribution in [1.29, 1.82) is 0 Å². The first-order valence-corrected chi connectivity index (χ1v) is 10.2. The number of benzene rings is 2. The van der Waals surface area contributed by atoms with E-state index in [0.29, 0.717) is 13.0 Å². The minimum atomic E-state index is -3.87. The molecule has 0 saturated carbocycles. The molecule has 0 aliphatic heterocycles. The Morgan fingerprint density at radius 2 is 1.75 bits per heavy atom. The lowest BCUT2D eigenvalue weighted by atomic mass is 10.1. The van der Waals surface area contributed by atoms with Gasteiger partial charge < -0.3 is 10.1 Å². The number of carbonyl (C=O) groups excluding carboxylic acids is 1. The molecule has 8 heteroatoms. The van der Waals surface area contributed by atoms with Gasteiger partial charge in [0.25, 0.3) is 5.91 Å². The molecule has 0 unspecified atom stereocenters. The van der Waals surface area contributed by atoms with E-state index in [1.807, 2.05) is 0 Å². The quantitative estimate of drug-likeness (QED) is 0.738. The molecule has 0 aliphatic rings. The Morgan fingerprint density at radius 1 is 1.11 bits per heavy atom. The van der Waals surface area contributed by atoms with E-state index < -0.39 is 21.5 Å². The number of rotatable bonds is 7. The number of halogens is 1. The van der Waals surface area contributed by atoms with Crippen molar-refractivity contribution in [3.8, 4) is 5.75 Å². The summed E-state index contributed by atoms with van der Waals surface area (Å²) in [4.78, 5) is 12.3. The van der Waals surface area contributed by atoms with Crippen LogP contribution in [0.4, 0.5) is 4.39 Å². The highest BCUT2D eigenvalue weighted by Crippen LogP contribution is 2.26. The third-order valence-corrected chi connectivity index (χ3v) is 5.55. The zero-order valence-electron chi connectivity index (χ0n) is 16.4. The van der Waals surface area contributed by atoms with Gasteiger partial charge in [0.2, 0.25) is 10.0 Å². The van der Waals surface area contributed by atoms with Crippen molar-refractivity contribution in [1.82, 2.24) is 10.0 Å². The molecule has 0 aliphatic carbocycles. The van der Waals surface area contributed by atoms with Gasteiger partial charge in [0, 0.05) is 17.6 Å². The van der Waals surface area contributed by atoms with Gasteiger partial charge in [-0.15, -0.1) is 0 Å². The number of nitrogens with one attached hydrogen (secondary N) is 2. The van der Waals surface area contributed by atoms with Gasteiger partial charge in [-0.1, -0.05) is 12.1 Å². The van der Waals surface area contributed by atoms with Gasteiger partial charge >= 0.3 is 0 Å². The van der Waals surface area contributed by atoms with E-state index in [9.17, 15) is 17.6 Å². The van der Waals surface area contributed by atoms with Gasteiger partial charge in [0.05, 0.1) is 7.11 Å². The molecule has 0 spiro atoms. The molecule has 0 aromatic heterocycles. The highest BCUT2D eigenvalue weighted by atomic mass is 32.2. The van der Waals surface area contributed by atoms with Crippen molar-refractivity contribution in [2.45, 2.75) is 37.6 Å². The Labute approximate surface area is 165 Å². The van der Waals surface area contributed by atoms with Crippen LogP contribution in [0.2, 0.25) is 0 Å². The lowest BCUT2D eigenvalue weighted by molar-refractivity contribution is 0.0954. The largest absolute Gasteiger partial charge is 0.495 e. The van der Waals surface area contributed by atoms with Crippen molar-refractivity contribution in [2.75, 3.05) is 13.7 Å². The van der Waals surface area contributed by atoms with Gasteiger partial charge in [-0.2, -0.15) is 0 Å². The molecule has 0 fully saturated rings. The van der Waals surface area contributed by atoms with Crippen molar-refractivity contribution >= 4 is 15.9 Å². The maximum atomic E-state index is 12.9. The third kappa shape index (κ3) is 6.03. The molecule has 0 bridgehead atoms. The van der Waals surface area contributed by atoms with E-state index in [-0.39, 0.29) is 22.0 Å². The summed E-state index contributed by atoms with van der Waals surface area (Å²) in [6.07, 6.45) is 0.527. The average Bonchev–Trinajstić information content (AvgIpc) is 2.60. The Hall–Kier alpha value is -2.45. The van der Waals surface area contributed by atoms with Crippen LogP contribution in [0.3, 0.4) is 0 Å². The normalized spacial score (nSPS) is 11.9. The van der Waals surface area contributed by atoms with Crippen LogP contribution in [0.5, 0.6) is 5.75 Å². The maximum absolute atomic E-state index is 12.9. The molecule has 0 radical (unpaired) electrons. The summed E-state index contributed by atoms with van der Waals surface area (Å²) >= 11 is 0. The summed E-state index contributed by atoms with van der Waals surface area (Å²) in [5.74, 6) is -0.569. The van der Waals surface area contributed by atoms with Crippen LogP contribution in [0.25, 0.3) is 0 Å². The Kier molecular flexibility index (Phi) is 6.79. The number of carbonyl (C=O) groups is 1. The number of ether oxygens (including phenoxy) is 1. The average molecular weight is 408 g/mol. The summed E-state index contributed by atoms with van der Waals surface area (Å²) in [5.41, 5.74) is 0.403. The molecule has 0 heterocycles. The predicted octanol–water partition coefficient (Wildman–Crippen LogP) is 2.88. The van der Waals surface area contributed by atoms with E-state index in [0.717, 1.165) is 5.56 Å². The second kappa shape index (κ2) is 8.70. The molecule has 0 saturated heterocycles. The van der Waals surface area contributed by atoms with Crippen molar-refractivity contribution in [3.05, 3.63) is 59.4 Å². The van der Waals surface area contributed by atoms with E-state index >= 15 is 0 Å². The molecule has 1 amide bonds. The molecule has 28 heavy (non-hydrogen) atoms. The maximum Gasteiger partial charge on any atom is 0.251 e. The molecule has 2 N–H and O–H groups in total. The van der Waals surface area contributed by atoms with Crippen molar-refractivity contribution < 1.29 is 22.3 Å². The standard InChI is InChI=1S/C20H25FN2O4S/c1-20(2,3)23-28(25,26)18-13-15(7-10-17(18)27-4)19(24)22-12-11-14-5-8-16(21)9-6-14/h5-10,13,23H,11-12H2,1-4H3,(H,22,24). The van der Waals surface area contributed by atoms with Crippen molar-refractivity contribution in [2.24, 2.45) is 0 Å². The van der Waals surface area contributed by atoms with Gasteiger partial charge in [-0.3, -0.25) is 4.79 Å². The second-order valence-electron chi connectivity index (χ2n) is 7.35. The fourth-order valence-electron chi connectivity index (χ4n) is 2.56. The minimum absolute atomic E-state index is 0.101. The number of hydrogen-bond acceptors (Lipinski definition) is 4. The van der Waals surface area contributed by atoms with Gasteiger partial charge in [0.15, 0.2) is 0 Å². The minimum Gasteiger partial charge on any atom is -0.495 e. The lowest BCUT2D eigenvalue weighted by Crippen LogP contribution is -2.40. The highest BCUT2D eigenvalue weighted by molar-refractivity contribution is 7.89. The number of amides is 1. The fourth-order valence-corrected chi connectivity index (χ4v) is 4.17. The molecule has 2 aromatic rings. The molecular weight excluding hydrogens is 383 g/mol. The van der Waals surface area contributed by atoms with Crippen molar-refractivity contribution in [3.63, 3.8) is 0 Å². The monoisotopic (exact) mass is 408 g/mol. The fraction of sp³-hybridized carbons (Fsp3) is 0.350. The second-order valence-corrected chi connectivity index (χ2v) is 9.00. The molecule has 152 valence electrons. The van der Waals surface area contributed by atoms with E-state index in [2.05, 4.69) is 10.0 Å². The van der Waals surface area contributed by atoms with Crippen LogP contribution in [0.1, 0.15) is 36.7 Å². The topological polar surface area (TPSA) is 84.5 Å². The van der Waals surface area contributed by atoms with Crippen LogP contribution in [0, 0.1) is 5.82 Å². The first-order valence-electron chi connectivity index (χ1n) is 8.76. The first kappa shape index (κ1) is 21.8. The van der Waals surface area contributed by atoms with E-state index in [1.54, 1.807) is 32.9 Å². The van der Waals surface area contributed by atoms with Crippen LogP contribution >= 0.6 is 0 Å². The number of sulfonamides is 1. The Morgan fingerprint density at radius 3 is 2.32 bits per heavy atom. The van der Waals surface area contributed by atoms with Crippen LogP contribution in [-0.2, 0) is 16.4 Å². The summed E-state index contributed by atoms with van der Waals surface area (Å²) in [5, 5.41) is 2.74. The summed E-state index contributed by atoms with van der Waals surface area (Å²) in [6.45, 7) is 5.51. The molecular formula is C20H25FN2O4S. The molecule has 2 aromatic carbocycles. The number of hydrogen-bond donors (Lipinski definition) is 2. The summed E-state index contributed by atoms with van der Waals surface area (Å²) < 4.78 is 46.0.